The SMILES string of the molecule is CC(=O)NC1CCN(c2ccc(CNC3CC3)c(Cl)c2)C1. The Morgan fingerprint density at radius 1 is 1.33 bits per heavy atom. The molecule has 1 saturated carbocycles. The number of anilines is 1. The smallest absolute Gasteiger partial charge is 0.217 e. The van der Waals surface area contributed by atoms with Gasteiger partial charge in [0, 0.05) is 49.4 Å². The number of hydrogen-bond donors (Lipinski definition) is 2. The van der Waals surface area contributed by atoms with Gasteiger partial charge in [0.05, 0.1) is 0 Å². The predicted molar refractivity (Wildman–Crippen MR) is 85.7 cm³/mol. The lowest BCUT2D eigenvalue weighted by atomic mass is 10.2. The minimum Gasteiger partial charge on any atom is -0.369 e. The quantitative estimate of drug-likeness (QED) is 0.877. The van der Waals surface area contributed by atoms with Gasteiger partial charge >= 0.3 is 0 Å². The molecule has 5 heteroatoms. The highest BCUT2D eigenvalue weighted by Crippen LogP contribution is 2.27. The molecule has 1 atom stereocenters. The number of carbonyl (C=O) groups is 1. The molecule has 1 unspecified atom stereocenters. The number of nitrogens with zero attached hydrogens (tertiary/aromatic N) is 1. The van der Waals surface area contributed by atoms with Gasteiger partial charge < -0.3 is 15.5 Å². The topological polar surface area (TPSA) is 44.4 Å². The van der Waals surface area contributed by atoms with Crippen molar-refractivity contribution >= 4 is 23.2 Å². The van der Waals surface area contributed by atoms with Crippen molar-refractivity contribution in [2.75, 3.05) is 18.0 Å². The van der Waals surface area contributed by atoms with Crippen LogP contribution in [0.2, 0.25) is 5.02 Å². The standard InChI is InChI=1S/C16H22ClN3O/c1-11(21)19-14-6-7-20(10-14)15-5-2-12(16(17)8-15)9-18-13-3-4-13/h2,5,8,13-14,18H,3-4,6-7,9-10H2,1H3,(H,19,21). The maximum absolute atomic E-state index is 11.1. The molecule has 1 aromatic rings. The lowest BCUT2D eigenvalue weighted by Crippen LogP contribution is -2.35. The molecule has 1 aromatic carbocycles. The summed E-state index contributed by atoms with van der Waals surface area (Å²) in [7, 11) is 0. The Labute approximate surface area is 130 Å². The van der Waals surface area contributed by atoms with Gasteiger partial charge in [-0.3, -0.25) is 4.79 Å². The summed E-state index contributed by atoms with van der Waals surface area (Å²) in [4.78, 5) is 13.4. The third-order valence-corrected chi connectivity index (χ3v) is 4.51. The highest BCUT2D eigenvalue weighted by atomic mass is 35.5. The molecule has 2 N–H and O–H groups in total. The van der Waals surface area contributed by atoms with Crippen LogP contribution in [0.4, 0.5) is 5.69 Å². The predicted octanol–water partition coefficient (Wildman–Crippen LogP) is 2.31. The van der Waals surface area contributed by atoms with E-state index in [2.05, 4.69) is 27.7 Å². The molecule has 2 aliphatic rings. The summed E-state index contributed by atoms with van der Waals surface area (Å²) in [6.45, 7) is 4.23. The first kappa shape index (κ1) is 14.7. The van der Waals surface area contributed by atoms with Crippen molar-refractivity contribution in [3.63, 3.8) is 0 Å². The molecule has 21 heavy (non-hydrogen) atoms. The Kier molecular flexibility index (Phi) is 4.36. The maximum Gasteiger partial charge on any atom is 0.217 e. The summed E-state index contributed by atoms with van der Waals surface area (Å²) in [5.41, 5.74) is 2.30. The third kappa shape index (κ3) is 3.89. The first-order valence-corrected chi connectivity index (χ1v) is 8.03. The molecule has 114 valence electrons. The Morgan fingerprint density at radius 3 is 2.81 bits per heavy atom. The van der Waals surface area contributed by atoms with Gasteiger partial charge in [0.15, 0.2) is 0 Å². The number of halogens is 1. The molecule has 1 heterocycles. The molecule has 0 aromatic heterocycles. The number of rotatable bonds is 5. The minimum atomic E-state index is 0.0429. The van der Waals surface area contributed by atoms with Crippen molar-refractivity contribution < 1.29 is 4.79 Å². The van der Waals surface area contributed by atoms with E-state index in [0.29, 0.717) is 6.04 Å². The van der Waals surface area contributed by atoms with Crippen molar-refractivity contribution in [2.45, 2.75) is 44.8 Å². The normalized spacial score (nSPS) is 21.6. The number of amides is 1. The van der Waals surface area contributed by atoms with Gasteiger partial charge in [-0.05, 0) is 37.0 Å². The van der Waals surface area contributed by atoms with Crippen LogP contribution in [-0.2, 0) is 11.3 Å². The van der Waals surface area contributed by atoms with E-state index in [1.807, 2.05) is 6.07 Å². The lowest BCUT2D eigenvalue weighted by Gasteiger charge is -2.20. The van der Waals surface area contributed by atoms with Gasteiger partial charge in [0.2, 0.25) is 5.91 Å². The number of hydrogen-bond acceptors (Lipinski definition) is 3. The van der Waals surface area contributed by atoms with Crippen molar-refractivity contribution in [2.24, 2.45) is 0 Å². The molecule has 1 saturated heterocycles. The van der Waals surface area contributed by atoms with Gasteiger partial charge in [0.1, 0.15) is 0 Å². The van der Waals surface area contributed by atoms with Crippen LogP contribution in [0.15, 0.2) is 18.2 Å². The molecule has 4 nitrogen and oxygen atoms in total. The second kappa shape index (κ2) is 6.24. The average molecular weight is 308 g/mol. The molecular formula is C16H22ClN3O. The van der Waals surface area contributed by atoms with Gasteiger partial charge in [-0.2, -0.15) is 0 Å². The van der Waals surface area contributed by atoms with Gasteiger partial charge in [-0.15, -0.1) is 0 Å². The summed E-state index contributed by atoms with van der Waals surface area (Å²) in [5, 5.41) is 7.29. The van der Waals surface area contributed by atoms with Crippen LogP contribution in [0.3, 0.4) is 0 Å². The van der Waals surface area contributed by atoms with Crippen LogP contribution >= 0.6 is 11.6 Å². The van der Waals surface area contributed by atoms with Gasteiger partial charge in [-0.25, -0.2) is 0 Å². The van der Waals surface area contributed by atoms with Crippen molar-refractivity contribution in [1.29, 1.82) is 0 Å². The van der Waals surface area contributed by atoms with Crippen molar-refractivity contribution in [3.05, 3.63) is 28.8 Å². The zero-order valence-electron chi connectivity index (χ0n) is 12.4. The van der Waals surface area contributed by atoms with Crippen molar-refractivity contribution in [1.82, 2.24) is 10.6 Å². The fourth-order valence-electron chi connectivity index (χ4n) is 2.82. The van der Waals surface area contributed by atoms with Crippen molar-refractivity contribution in [3.8, 4) is 0 Å². The van der Waals surface area contributed by atoms with E-state index < -0.39 is 0 Å². The Balaban J connectivity index is 1.60. The maximum atomic E-state index is 11.1. The lowest BCUT2D eigenvalue weighted by molar-refractivity contribution is -0.119. The van der Waals surface area contributed by atoms with Crippen LogP contribution in [0.25, 0.3) is 0 Å². The number of nitrogens with one attached hydrogen (secondary N) is 2. The van der Waals surface area contributed by atoms with E-state index in [0.717, 1.165) is 42.3 Å². The monoisotopic (exact) mass is 307 g/mol. The highest BCUT2D eigenvalue weighted by molar-refractivity contribution is 6.31. The molecule has 3 rings (SSSR count). The third-order valence-electron chi connectivity index (χ3n) is 4.16. The first-order chi connectivity index (χ1) is 10.1. The number of carbonyl (C=O) groups excluding carboxylic acids is 1. The zero-order valence-corrected chi connectivity index (χ0v) is 13.1. The van der Waals surface area contributed by atoms with E-state index in [4.69, 9.17) is 11.6 Å². The van der Waals surface area contributed by atoms with E-state index >= 15 is 0 Å². The van der Waals surface area contributed by atoms with Crippen LogP contribution in [0, 0.1) is 0 Å². The zero-order chi connectivity index (χ0) is 14.8. The Hall–Kier alpha value is -1.26. The van der Waals surface area contributed by atoms with Crippen LogP contribution in [0.5, 0.6) is 0 Å². The Morgan fingerprint density at radius 2 is 2.14 bits per heavy atom. The summed E-state index contributed by atoms with van der Waals surface area (Å²) in [6, 6.07) is 7.22. The van der Waals surface area contributed by atoms with Crippen LogP contribution < -0.4 is 15.5 Å². The van der Waals surface area contributed by atoms with E-state index in [9.17, 15) is 4.79 Å². The van der Waals surface area contributed by atoms with Crippen LogP contribution in [0.1, 0.15) is 31.7 Å². The minimum absolute atomic E-state index is 0.0429. The highest BCUT2D eigenvalue weighted by Gasteiger charge is 2.24. The summed E-state index contributed by atoms with van der Waals surface area (Å²) >= 11 is 6.40. The molecule has 1 aliphatic carbocycles. The van der Waals surface area contributed by atoms with Gasteiger partial charge in [0.25, 0.3) is 0 Å². The fourth-order valence-corrected chi connectivity index (χ4v) is 3.06. The fraction of sp³-hybridized carbons (Fsp3) is 0.562. The summed E-state index contributed by atoms with van der Waals surface area (Å²) in [5.74, 6) is 0.0429. The molecule has 0 bridgehead atoms. The van der Waals surface area contributed by atoms with Gasteiger partial charge in [-0.1, -0.05) is 17.7 Å². The Bertz CT molecular complexity index is 530. The van der Waals surface area contributed by atoms with E-state index in [1.165, 1.54) is 12.8 Å². The van der Waals surface area contributed by atoms with E-state index in [-0.39, 0.29) is 11.9 Å². The molecular weight excluding hydrogens is 286 g/mol. The average Bonchev–Trinajstić information content (AvgIpc) is 3.15. The summed E-state index contributed by atoms with van der Waals surface area (Å²) in [6.07, 6.45) is 3.56. The second-order valence-corrected chi connectivity index (χ2v) is 6.47. The first-order valence-electron chi connectivity index (χ1n) is 7.65. The molecule has 0 radical (unpaired) electrons. The molecule has 2 fully saturated rings. The molecule has 0 spiro atoms. The molecule has 1 aliphatic heterocycles. The summed E-state index contributed by atoms with van der Waals surface area (Å²) < 4.78 is 0. The van der Waals surface area contributed by atoms with Crippen LogP contribution in [-0.4, -0.2) is 31.1 Å². The number of benzene rings is 1. The second-order valence-electron chi connectivity index (χ2n) is 6.06. The van der Waals surface area contributed by atoms with E-state index in [1.54, 1.807) is 6.92 Å². The largest absolute Gasteiger partial charge is 0.369 e. The molecule has 1 amide bonds.